The van der Waals surface area contributed by atoms with Crippen molar-refractivity contribution in [1.82, 2.24) is 0 Å². The van der Waals surface area contributed by atoms with Crippen molar-refractivity contribution in [1.29, 1.82) is 0 Å². The van der Waals surface area contributed by atoms with Gasteiger partial charge in [0.15, 0.2) is 0 Å². The van der Waals surface area contributed by atoms with Crippen molar-refractivity contribution >= 4 is 11.9 Å². The minimum atomic E-state index is -1.17. The van der Waals surface area contributed by atoms with Crippen LogP contribution in [0.25, 0.3) is 0 Å². The minimum absolute atomic E-state index is 0.583. The van der Waals surface area contributed by atoms with Crippen LogP contribution in [0.3, 0.4) is 0 Å². The molecule has 88 valence electrons. The maximum Gasteiger partial charge on any atom is 0.331 e. The Labute approximate surface area is 90.9 Å². The molecule has 0 aromatic carbocycles. The Hall–Kier alpha value is -1.32. The third-order valence-electron chi connectivity index (χ3n) is 0.769. The number of hydrogen-bond acceptors (Lipinski definition) is 3. The Balaban J connectivity index is 0. The third kappa shape index (κ3) is 19.2. The Morgan fingerprint density at radius 3 is 1.87 bits per heavy atom. The first-order valence-corrected chi connectivity index (χ1v) is 4.87. The molecule has 4 heteroatoms. The number of carboxylic acids is 1. The summed E-state index contributed by atoms with van der Waals surface area (Å²) in [7, 11) is 0. The van der Waals surface area contributed by atoms with Gasteiger partial charge in [0.05, 0.1) is 0 Å². The Morgan fingerprint density at radius 1 is 1.20 bits per heavy atom. The van der Waals surface area contributed by atoms with Crippen molar-refractivity contribution in [3.8, 4) is 0 Å². The van der Waals surface area contributed by atoms with Gasteiger partial charge in [-0.2, -0.15) is 0 Å². The van der Waals surface area contributed by atoms with Gasteiger partial charge in [-0.15, -0.1) is 0 Å². The summed E-state index contributed by atoms with van der Waals surface area (Å²) in [6, 6.07) is 0. The van der Waals surface area contributed by atoms with Crippen LogP contribution in [0.5, 0.6) is 0 Å². The Morgan fingerprint density at radius 2 is 1.60 bits per heavy atom. The predicted octanol–water partition coefficient (Wildman–Crippen LogP) is 2.39. The van der Waals surface area contributed by atoms with Crippen molar-refractivity contribution in [3.63, 3.8) is 0 Å². The highest BCUT2D eigenvalue weighted by Crippen LogP contribution is 2.06. The second-order valence-electron chi connectivity index (χ2n) is 3.91. The fourth-order valence-corrected chi connectivity index (χ4v) is 0.475. The molecule has 0 aromatic rings. The van der Waals surface area contributed by atoms with Gasteiger partial charge in [-0.25, -0.2) is 9.59 Å². The zero-order chi connectivity index (χ0) is 12.5. The first kappa shape index (κ1) is 16.1. The summed E-state index contributed by atoms with van der Waals surface area (Å²) in [6.45, 7) is 9.37. The highest BCUT2D eigenvalue weighted by atomic mass is 16.6. The van der Waals surface area contributed by atoms with Crippen LogP contribution in [-0.4, -0.2) is 22.6 Å². The molecule has 0 aliphatic heterocycles. The standard InChI is InChI=1S/C8H12O4.C3H8/c1-8(2,3)12-7(11)5-4-6(9)10;1-3-2/h4-5H,1-3H3,(H,9,10);3H2,1-2H3. The highest BCUT2D eigenvalue weighted by molar-refractivity contribution is 5.90. The number of carbonyl (C=O) groups excluding carboxylic acids is 1. The van der Waals surface area contributed by atoms with Crippen LogP contribution < -0.4 is 0 Å². The fraction of sp³-hybridized carbons (Fsp3) is 0.636. The van der Waals surface area contributed by atoms with Gasteiger partial charge in [0.2, 0.25) is 0 Å². The normalized spacial score (nSPS) is 10.5. The van der Waals surface area contributed by atoms with Gasteiger partial charge in [-0.1, -0.05) is 20.3 Å². The summed E-state index contributed by atoms with van der Waals surface area (Å²) in [5.74, 6) is -1.81. The molecule has 0 fully saturated rings. The Bertz CT molecular complexity index is 223. The molecule has 0 aliphatic rings. The van der Waals surface area contributed by atoms with Crippen molar-refractivity contribution in [2.45, 2.75) is 46.6 Å². The highest BCUT2D eigenvalue weighted by Gasteiger charge is 2.13. The maximum atomic E-state index is 10.8. The van der Waals surface area contributed by atoms with E-state index in [-0.39, 0.29) is 0 Å². The third-order valence-corrected chi connectivity index (χ3v) is 0.769. The molecular weight excluding hydrogens is 196 g/mol. The minimum Gasteiger partial charge on any atom is -0.478 e. The largest absolute Gasteiger partial charge is 0.478 e. The predicted molar refractivity (Wildman–Crippen MR) is 58.6 cm³/mol. The molecule has 0 aromatic heterocycles. The molecule has 4 nitrogen and oxygen atoms in total. The van der Waals surface area contributed by atoms with Crippen molar-refractivity contribution < 1.29 is 19.4 Å². The Kier molecular flexibility index (Phi) is 8.63. The summed E-state index contributed by atoms with van der Waals surface area (Å²) in [5, 5.41) is 8.17. The first-order chi connectivity index (χ1) is 6.72. The maximum absolute atomic E-state index is 10.8. The monoisotopic (exact) mass is 216 g/mol. The molecule has 0 rings (SSSR count). The van der Waals surface area contributed by atoms with Gasteiger partial charge < -0.3 is 9.84 Å². The van der Waals surface area contributed by atoms with Crippen LogP contribution in [0.1, 0.15) is 41.0 Å². The van der Waals surface area contributed by atoms with Gasteiger partial charge >= 0.3 is 11.9 Å². The van der Waals surface area contributed by atoms with Crippen LogP contribution in [0.15, 0.2) is 12.2 Å². The van der Waals surface area contributed by atoms with Crippen LogP contribution >= 0.6 is 0 Å². The number of rotatable bonds is 2. The smallest absolute Gasteiger partial charge is 0.331 e. The molecule has 0 unspecified atom stereocenters. The molecule has 0 bridgehead atoms. The van der Waals surface area contributed by atoms with E-state index < -0.39 is 17.5 Å². The summed E-state index contributed by atoms with van der Waals surface area (Å²) in [5.41, 5.74) is -0.583. The average molecular weight is 216 g/mol. The lowest BCUT2D eigenvalue weighted by Crippen LogP contribution is -2.22. The molecule has 0 spiro atoms. The zero-order valence-corrected chi connectivity index (χ0v) is 10.0. The molecule has 0 atom stereocenters. The molecule has 0 aliphatic carbocycles. The summed E-state index contributed by atoms with van der Waals surface area (Å²) >= 11 is 0. The topological polar surface area (TPSA) is 63.6 Å². The molecule has 0 heterocycles. The second-order valence-corrected chi connectivity index (χ2v) is 3.91. The van der Waals surface area contributed by atoms with E-state index in [1.807, 2.05) is 0 Å². The second kappa shape index (κ2) is 8.03. The van der Waals surface area contributed by atoms with Gasteiger partial charge in [0.1, 0.15) is 5.60 Å². The van der Waals surface area contributed by atoms with Crippen LogP contribution in [-0.2, 0) is 14.3 Å². The molecule has 0 amide bonds. The van der Waals surface area contributed by atoms with E-state index in [9.17, 15) is 9.59 Å². The van der Waals surface area contributed by atoms with Crippen LogP contribution in [0.2, 0.25) is 0 Å². The lowest BCUT2D eigenvalue weighted by atomic mass is 10.2. The summed E-state index contributed by atoms with van der Waals surface area (Å²) < 4.78 is 4.80. The number of carbonyl (C=O) groups is 2. The van der Waals surface area contributed by atoms with E-state index >= 15 is 0 Å². The van der Waals surface area contributed by atoms with Crippen LogP contribution in [0, 0.1) is 0 Å². The van der Waals surface area contributed by atoms with Gasteiger partial charge in [0.25, 0.3) is 0 Å². The van der Waals surface area contributed by atoms with Crippen LogP contribution in [0.4, 0.5) is 0 Å². The lowest BCUT2D eigenvalue weighted by Gasteiger charge is -2.17. The van der Waals surface area contributed by atoms with Gasteiger partial charge in [-0.05, 0) is 20.8 Å². The van der Waals surface area contributed by atoms with E-state index in [0.29, 0.717) is 0 Å². The number of esters is 1. The molecule has 0 radical (unpaired) electrons. The van der Waals surface area contributed by atoms with Gasteiger partial charge in [-0.3, -0.25) is 0 Å². The SMILES string of the molecule is CC(C)(C)OC(=O)C=CC(=O)O.CCC. The number of ether oxygens (including phenoxy) is 1. The van der Waals surface area contributed by atoms with E-state index in [0.717, 1.165) is 12.2 Å². The average Bonchev–Trinajstić information content (AvgIpc) is 1.99. The number of carboxylic acid groups (broad SMARTS) is 1. The lowest BCUT2D eigenvalue weighted by molar-refractivity contribution is -0.148. The molecule has 15 heavy (non-hydrogen) atoms. The number of aliphatic carboxylic acids is 1. The molecule has 0 saturated heterocycles. The molecule has 0 saturated carbocycles. The van der Waals surface area contributed by atoms with Crippen molar-refractivity contribution in [2.24, 2.45) is 0 Å². The quantitative estimate of drug-likeness (QED) is 0.568. The van der Waals surface area contributed by atoms with E-state index in [2.05, 4.69) is 13.8 Å². The molecular formula is C11H20O4. The number of hydrogen-bond donors (Lipinski definition) is 1. The first-order valence-electron chi connectivity index (χ1n) is 4.87. The van der Waals surface area contributed by atoms with Crippen molar-refractivity contribution in [3.05, 3.63) is 12.2 Å². The van der Waals surface area contributed by atoms with E-state index in [1.54, 1.807) is 20.8 Å². The van der Waals surface area contributed by atoms with Crippen molar-refractivity contribution in [2.75, 3.05) is 0 Å². The molecule has 1 N–H and O–H groups in total. The summed E-state index contributed by atoms with van der Waals surface area (Å²) in [6.07, 6.45) is 2.88. The van der Waals surface area contributed by atoms with E-state index in [4.69, 9.17) is 9.84 Å². The van der Waals surface area contributed by atoms with Gasteiger partial charge in [0, 0.05) is 12.2 Å². The van der Waals surface area contributed by atoms with E-state index in [1.165, 1.54) is 6.42 Å². The zero-order valence-electron chi connectivity index (χ0n) is 10.0. The summed E-state index contributed by atoms with van der Waals surface area (Å²) in [4.78, 5) is 20.8. The fourth-order valence-electron chi connectivity index (χ4n) is 0.475.